The van der Waals surface area contributed by atoms with E-state index < -0.39 is 0 Å². The number of nitrogens with zero attached hydrogens (tertiary/aromatic N) is 1. The summed E-state index contributed by atoms with van der Waals surface area (Å²) in [6.45, 7) is 8.48. The van der Waals surface area contributed by atoms with E-state index in [1.54, 1.807) is 0 Å². The molecule has 1 heterocycles. The first-order valence-corrected chi connectivity index (χ1v) is 10.9. The van der Waals surface area contributed by atoms with Crippen molar-refractivity contribution in [1.82, 2.24) is 4.98 Å². The smallest absolute Gasteiger partial charge is 0.141 e. The van der Waals surface area contributed by atoms with Gasteiger partial charge in [0.05, 0.1) is 17.7 Å². The van der Waals surface area contributed by atoms with Gasteiger partial charge in [0, 0.05) is 26.0 Å². The van der Waals surface area contributed by atoms with Crippen LogP contribution in [0.1, 0.15) is 47.0 Å². The van der Waals surface area contributed by atoms with Crippen molar-refractivity contribution < 1.29 is 34.7 Å². The SMILES string of the molecule is CC1(C)CCC2CC(C)(C)C(O)C2C1O.[Ir].[c-]1ccccc1-c1nc2ccccc2o1. The Labute approximate surface area is 198 Å². The summed E-state index contributed by atoms with van der Waals surface area (Å²) in [6.07, 6.45) is 2.63. The third-order valence-corrected chi connectivity index (χ3v) is 7.06. The van der Waals surface area contributed by atoms with E-state index in [1.165, 1.54) is 0 Å². The molecule has 4 unspecified atom stereocenters. The molecule has 2 N–H and O–H groups in total. The van der Waals surface area contributed by atoms with Gasteiger partial charge in [0.1, 0.15) is 11.5 Å². The van der Waals surface area contributed by atoms with E-state index in [0.29, 0.717) is 11.8 Å². The van der Waals surface area contributed by atoms with Gasteiger partial charge < -0.3 is 14.6 Å². The van der Waals surface area contributed by atoms with E-state index in [2.05, 4.69) is 38.7 Å². The molecule has 0 saturated heterocycles. The molecule has 0 aliphatic heterocycles. The summed E-state index contributed by atoms with van der Waals surface area (Å²) in [5.74, 6) is 1.25. The van der Waals surface area contributed by atoms with Crippen LogP contribution in [0.3, 0.4) is 0 Å². The van der Waals surface area contributed by atoms with Crippen molar-refractivity contribution in [3.05, 3.63) is 54.6 Å². The molecule has 4 nitrogen and oxygen atoms in total. The van der Waals surface area contributed by atoms with Crippen LogP contribution in [0.4, 0.5) is 0 Å². The van der Waals surface area contributed by atoms with Gasteiger partial charge in [0.15, 0.2) is 0 Å². The monoisotopic (exact) mass is 599 g/mol. The average molecular weight is 599 g/mol. The van der Waals surface area contributed by atoms with Crippen molar-refractivity contribution >= 4 is 11.1 Å². The second-order valence-corrected chi connectivity index (χ2v) is 10.2. The Bertz CT molecular complexity index is 963. The number of aliphatic hydroxyl groups excluding tert-OH is 2. The zero-order chi connectivity index (χ0) is 21.5. The third kappa shape index (κ3) is 4.80. The van der Waals surface area contributed by atoms with Crippen molar-refractivity contribution in [2.24, 2.45) is 22.7 Å². The molecule has 4 atom stereocenters. The maximum Gasteiger partial charge on any atom is 0.141 e. The first-order valence-electron chi connectivity index (χ1n) is 10.9. The van der Waals surface area contributed by atoms with Crippen LogP contribution in [0, 0.1) is 28.7 Å². The van der Waals surface area contributed by atoms with E-state index in [1.807, 2.05) is 48.5 Å². The molecule has 1 radical (unpaired) electrons. The van der Waals surface area contributed by atoms with Gasteiger partial charge in [-0.2, -0.15) is 0 Å². The molecule has 5 heteroatoms. The van der Waals surface area contributed by atoms with Crippen LogP contribution in [0.5, 0.6) is 0 Å². The quantitative estimate of drug-likeness (QED) is 0.364. The minimum absolute atomic E-state index is 0. The molecule has 31 heavy (non-hydrogen) atoms. The Balaban J connectivity index is 0.000000170. The molecule has 2 aliphatic rings. The summed E-state index contributed by atoms with van der Waals surface area (Å²) in [5.41, 5.74) is 2.53. The minimum atomic E-state index is -0.340. The molecule has 5 rings (SSSR count). The van der Waals surface area contributed by atoms with Crippen LogP contribution < -0.4 is 0 Å². The van der Waals surface area contributed by atoms with Crippen LogP contribution in [-0.4, -0.2) is 27.4 Å². The molecule has 2 aliphatic carbocycles. The summed E-state index contributed by atoms with van der Waals surface area (Å²) in [6, 6.07) is 18.5. The number of fused-ring (bicyclic) bond motifs is 2. The summed E-state index contributed by atoms with van der Waals surface area (Å²) >= 11 is 0. The Kier molecular flexibility index (Phi) is 7.12. The zero-order valence-corrected chi connectivity index (χ0v) is 21.0. The summed E-state index contributed by atoms with van der Waals surface area (Å²) in [7, 11) is 0. The van der Waals surface area contributed by atoms with Crippen molar-refractivity contribution in [1.29, 1.82) is 0 Å². The Morgan fingerprint density at radius 1 is 0.968 bits per heavy atom. The number of para-hydroxylation sites is 2. The van der Waals surface area contributed by atoms with Crippen molar-refractivity contribution in [3.8, 4) is 11.5 Å². The van der Waals surface area contributed by atoms with Crippen LogP contribution >= 0.6 is 0 Å². The number of aliphatic hydroxyl groups is 2. The van der Waals surface area contributed by atoms with Gasteiger partial charge in [-0.1, -0.05) is 45.4 Å². The van der Waals surface area contributed by atoms with Crippen LogP contribution in [0.25, 0.3) is 22.6 Å². The van der Waals surface area contributed by atoms with Crippen molar-refractivity contribution in [2.75, 3.05) is 0 Å². The first-order chi connectivity index (χ1) is 14.2. The molecule has 2 saturated carbocycles. The largest absolute Gasteiger partial charge is 0.481 e. The van der Waals surface area contributed by atoms with Crippen LogP contribution in [-0.2, 0) is 20.1 Å². The zero-order valence-electron chi connectivity index (χ0n) is 18.6. The van der Waals surface area contributed by atoms with Gasteiger partial charge in [0.25, 0.3) is 0 Å². The van der Waals surface area contributed by atoms with E-state index in [4.69, 9.17) is 4.42 Å². The number of benzene rings is 2. The molecule has 1 aromatic heterocycles. The van der Waals surface area contributed by atoms with Gasteiger partial charge in [-0.15, -0.1) is 30.3 Å². The molecule has 0 bridgehead atoms. The van der Waals surface area contributed by atoms with E-state index in [0.717, 1.165) is 35.9 Å². The van der Waals surface area contributed by atoms with Gasteiger partial charge in [-0.05, 0) is 48.1 Å². The number of hydrogen-bond acceptors (Lipinski definition) is 4. The number of rotatable bonds is 1. The molecule has 2 fully saturated rings. The van der Waals surface area contributed by atoms with Crippen LogP contribution in [0.2, 0.25) is 0 Å². The standard InChI is InChI=1S/C13H8NO.C13H24O2.Ir/c1-2-6-10(7-3-1)13-14-11-8-4-5-9-12(11)15-13;1-12(2)6-5-8-7-13(3,4)11(15)9(8)10(12)14;/h1-6,8-9H;8-11,14-15H,5-7H2,1-4H3;/q-1;;. The molecular formula is C26H32IrNO3-. The molecular weight excluding hydrogens is 567 g/mol. The topological polar surface area (TPSA) is 66.5 Å². The predicted molar refractivity (Wildman–Crippen MR) is 119 cm³/mol. The summed E-state index contributed by atoms with van der Waals surface area (Å²) in [4.78, 5) is 4.39. The fraction of sp³-hybridized carbons (Fsp3) is 0.500. The number of aromatic nitrogens is 1. The van der Waals surface area contributed by atoms with Crippen LogP contribution in [0.15, 0.2) is 52.9 Å². The van der Waals surface area contributed by atoms with E-state index >= 15 is 0 Å². The molecule has 2 aromatic carbocycles. The Morgan fingerprint density at radius 3 is 2.32 bits per heavy atom. The van der Waals surface area contributed by atoms with E-state index in [9.17, 15) is 10.2 Å². The first kappa shape index (κ1) is 24.1. The second kappa shape index (κ2) is 9.15. The van der Waals surface area contributed by atoms with E-state index in [-0.39, 0.29) is 49.1 Å². The van der Waals surface area contributed by atoms with Gasteiger partial charge in [-0.25, -0.2) is 0 Å². The van der Waals surface area contributed by atoms with Gasteiger partial charge in [0.2, 0.25) is 0 Å². The number of oxazole rings is 1. The van der Waals surface area contributed by atoms with Gasteiger partial charge in [-0.3, -0.25) is 4.98 Å². The normalized spacial score (nSPS) is 28.2. The molecule has 169 valence electrons. The summed E-state index contributed by atoms with van der Waals surface area (Å²) in [5, 5.41) is 20.6. The minimum Gasteiger partial charge on any atom is -0.481 e. The fourth-order valence-corrected chi connectivity index (χ4v) is 5.18. The predicted octanol–water partition coefficient (Wildman–Crippen LogP) is 5.48. The van der Waals surface area contributed by atoms with Crippen molar-refractivity contribution in [2.45, 2.75) is 59.2 Å². The molecule has 0 amide bonds. The maximum atomic E-state index is 10.3. The Morgan fingerprint density at radius 2 is 1.65 bits per heavy atom. The fourth-order valence-electron chi connectivity index (χ4n) is 5.18. The molecule has 0 spiro atoms. The average Bonchev–Trinajstić information content (AvgIpc) is 3.25. The summed E-state index contributed by atoms with van der Waals surface area (Å²) < 4.78 is 5.61. The number of hydrogen-bond donors (Lipinski definition) is 2. The van der Waals surface area contributed by atoms with Crippen molar-refractivity contribution in [3.63, 3.8) is 0 Å². The second-order valence-electron chi connectivity index (χ2n) is 10.2. The van der Waals surface area contributed by atoms with Gasteiger partial charge >= 0.3 is 0 Å². The third-order valence-electron chi connectivity index (χ3n) is 7.06. The Hall–Kier alpha value is -1.52. The maximum absolute atomic E-state index is 10.3. The molecule has 3 aromatic rings.